The smallest absolute Gasteiger partial charge is 0.311 e. The van der Waals surface area contributed by atoms with Crippen LogP contribution in [0.15, 0.2) is 24.5 Å². The first-order valence-electron chi connectivity index (χ1n) is 4.42. The van der Waals surface area contributed by atoms with Crippen molar-refractivity contribution < 1.29 is 14.6 Å². The van der Waals surface area contributed by atoms with Crippen molar-refractivity contribution in [1.82, 2.24) is 9.38 Å². The number of carboxylic acids is 1. The van der Waals surface area contributed by atoms with Gasteiger partial charge in [0.05, 0.1) is 25.0 Å². The molecule has 0 spiro atoms. The van der Waals surface area contributed by atoms with Crippen LogP contribution in [0.2, 0.25) is 0 Å². The molecule has 0 radical (unpaired) electrons. The van der Waals surface area contributed by atoms with Crippen LogP contribution < -0.4 is 4.74 Å². The van der Waals surface area contributed by atoms with Crippen LogP contribution >= 0.6 is 0 Å². The fraction of sp³-hybridized carbons (Fsp3) is 0.200. The third-order valence-electron chi connectivity index (χ3n) is 2.12. The third kappa shape index (κ3) is 1.76. The van der Waals surface area contributed by atoms with Crippen LogP contribution in [0, 0.1) is 0 Å². The number of carbonyl (C=O) groups is 1. The number of pyridine rings is 1. The number of imidazole rings is 1. The lowest BCUT2D eigenvalue weighted by Crippen LogP contribution is -2.04. The topological polar surface area (TPSA) is 63.8 Å². The Balaban J connectivity index is 2.51. The molecule has 5 nitrogen and oxygen atoms in total. The Bertz CT molecular complexity index is 504. The summed E-state index contributed by atoms with van der Waals surface area (Å²) < 4.78 is 6.77. The van der Waals surface area contributed by atoms with E-state index in [2.05, 4.69) is 4.98 Å². The predicted molar refractivity (Wildman–Crippen MR) is 53.1 cm³/mol. The number of aliphatic carboxylic acids is 1. The largest absolute Gasteiger partial charge is 0.495 e. The molecular formula is C10H10N2O3. The summed E-state index contributed by atoms with van der Waals surface area (Å²) in [6.07, 6.45) is 3.26. The molecule has 2 rings (SSSR count). The molecule has 1 N–H and O–H groups in total. The molecule has 0 aliphatic rings. The van der Waals surface area contributed by atoms with Gasteiger partial charge in [-0.15, -0.1) is 0 Å². The number of methoxy groups -OCH3 is 1. The standard InChI is InChI=1S/C10H10N2O3/c1-15-8-3-2-7-5-11-9(4-10(13)14)12(7)6-8/h2-3,5-6H,4H2,1H3,(H,13,14). The number of rotatable bonds is 3. The Morgan fingerprint density at radius 1 is 1.60 bits per heavy atom. The summed E-state index contributed by atoms with van der Waals surface area (Å²) >= 11 is 0. The predicted octanol–water partition coefficient (Wildman–Crippen LogP) is 0.970. The minimum Gasteiger partial charge on any atom is -0.495 e. The van der Waals surface area contributed by atoms with Crippen LogP contribution in [0.5, 0.6) is 5.75 Å². The molecule has 0 bridgehead atoms. The van der Waals surface area contributed by atoms with Gasteiger partial charge in [0.1, 0.15) is 18.0 Å². The lowest BCUT2D eigenvalue weighted by Gasteiger charge is -2.02. The van der Waals surface area contributed by atoms with Crippen molar-refractivity contribution in [3.8, 4) is 5.75 Å². The SMILES string of the molecule is COc1ccc2cnc(CC(=O)O)n2c1. The van der Waals surface area contributed by atoms with Crippen LogP contribution in [0.1, 0.15) is 5.82 Å². The summed E-state index contributed by atoms with van der Waals surface area (Å²) in [6, 6.07) is 3.64. The number of hydrogen-bond donors (Lipinski definition) is 1. The molecule has 0 unspecified atom stereocenters. The van der Waals surface area contributed by atoms with Crippen molar-refractivity contribution in [3.05, 3.63) is 30.4 Å². The van der Waals surface area contributed by atoms with Gasteiger partial charge in [-0.3, -0.25) is 9.20 Å². The molecule has 0 saturated carbocycles. The van der Waals surface area contributed by atoms with E-state index >= 15 is 0 Å². The summed E-state index contributed by atoms with van der Waals surface area (Å²) in [7, 11) is 1.56. The molecule has 78 valence electrons. The van der Waals surface area contributed by atoms with Gasteiger partial charge in [-0.25, -0.2) is 4.98 Å². The van der Waals surface area contributed by atoms with E-state index in [9.17, 15) is 4.79 Å². The van der Waals surface area contributed by atoms with Gasteiger partial charge >= 0.3 is 5.97 Å². The highest BCUT2D eigenvalue weighted by Gasteiger charge is 2.08. The van der Waals surface area contributed by atoms with E-state index in [0.717, 1.165) is 5.52 Å². The summed E-state index contributed by atoms with van der Waals surface area (Å²) in [5.74, 6) is 0.272. The lowest BCUT2D eigenvalue weighted by atomic mass is 10.4. The van der Waals surface area contributed by atoms with Crippen LogP contribution in [0.4, 0.5) is 0 Å². The van der Waals surface area contributed by atoms with Crippen molar-refractivity contribution >= 4 is 11.5 Å². The fourth-order valence-corrected chi connectivity index (χ4v) is 1.41. The summed E-state index contributed by atoms with van der Waals surface area (Å²) in [6.45, 7) is 0. The Morgan fingerprint density at radius 2 is 2.40 bits per heavy atom. The second-order valence-corrected chi connectivity index (χ2v) is 3.11. The summed E-state index contributed by atoms with van der Waals surface area (Å²) in [5.41, 5.74) is 0.854. The van der Waals surface area contributed by atoms with Crippen LogP contribution in [-0.4, -0.2) is 27.6 Å². The van der Waals surface area contributed by atoms with Gasteiger partial charge in [0.25, 0.3) is 0 Å². The zero-order valence-electron chi connectivity index (χ0n) is 8.17. The lowest BCUT2D eigenvalue weighted by molar-refractivity contribution is -0.136. The minimum atomic E-state index is -0.898. The second kappa shape index (κ2) is 3.61. The van der Waals surface area contributed by atoms with Crippen molar-refractivity contribution in [2.24, 2.45) is 0 Å². The van der Waals surface area contributed by atoms with E-state index < -0.39 is 5.97 Å². The Morgan fingerprint density at radius 3 is 3.07 bits per heavy atom. The molecule has 0 aromatic carbocycles. The average Bonchev–Trinajstić information content (AvgIpc) is 2.60. The summed E-state index contributed by atoms with van der Waals surface area (Å²) in [4.78, 5) is 14.6. The van der Waals surface area contributed by atoms with Crippen molar-refractivity contribution in [2.45, 2.75) is 6.42 Å². The molecule has 0 saturated heterocycles. The van der Waals surface area contributed by atoms with Gasteiger partial charge < -0.3 is 9.84 Å². The summed E-state index contributed by atoms with van der Waals surface area (Å²) in [5, 5.41) is 8.69. The Labute approximate surface area is 85.9 Å². The van der Waals surface area contributed by atoms with E-state index in [4.69, 9.17) is 9.84 Å². The molecule has 0 atom stereocenters. The second-order valence-electron chi connectivity index (χ2n) is 3.11. The number of hydrogen-bond acceptors (Lipinski definition) is 3. The zero-order chi connectivity index (χ0) is 10.8. The van der Waals surface area contributed by atoms with Gasteiger partial charge in [0, 0.05) is 0 Å². The highest BCUT2D eigenvalue weighted by atomic mass is 16.5. The molecule has 2 aromatic heterocycles. The van der Waals surface area contributed by atoms with Gasteiger partial charge in [0.2, 0.25) is 0 Å². The molecule has 2 aromatic rings. The molecule has 15 heavy (non-hydrogen) atoms. The monoisotopic (exact) mass is 206 g/mol. The number of ether oxygens (including phenoxy) is 1. The molecule has 0 amide bonds. The highest BCUT2D eigenvalue weighted by Crippen LogP contribution is 2.14. The van der Waals surface area contributed by atoms with E-state index in [1.165, 1.54) is 0 Å². The zero-order valence-corrected chi connectivity index (χ0v) is 8.17. The highest BCUT2D eigenvalue weighted by molar-refractivity contribution is 5.69. The quantitative estimate of drug-likeness (QED) is 0.812. The van der Waals surface area contributed by atoms with Crippen molar-refractivity contribution in [1.29, 1.82) is 0 Å². The third-order valence-corrected chi connectivity index (χ3v) is 2.12. The maximum Gasteiger partial charge on any atom is 0.311 e. The Kier molecular flexibility index (Phi) is 2.29. The van der Waals surface area contributed by atoms with Gasteiger partial charge in [-0.1, -0.05) is 0 Å². The van der Waals surface area contributed by atoms with Crippen LogP contribution in [-0.2, 0) is 11.2 Å². The van der Waals surface area contributed by atoms with Gasteiger partial charge in [-0.2, -0.15) is 0 Å². The molecule has 2 heterocycles. The first kappa shape index (κ1) is 9.51. The normalized spacial score (nSPS) is 10.5. The maximum atomic E-state index is 10.6. The number of fused-ring (bicyclic) bond motifs is 1. The molecular weight excluding hydrogens is 196 g/mol. The van der Waals surface area contributed by atoms with Gasteiger partial charge in [0.15, 0.2) is 0 Å². The first-order chi connectivity index (χ1) is 7.20. The van der Waals surface area contributed by atoms with Gasteiger partial charge in [-0.05, 0) is 12.1 Å². The Hall–Kier alpha value is -2.04. The van der Waals surface area contributed by atoms with Crippen LogP contribution in [0.25, 0.3) is 5.52 Å². The first-order valence-corrected chi connectivity index (χ1v) is 4.42. The average molecular weight is 206 g/mol. The number of carboxylic acid groups (broad SMARTS) is 1. The molecule has 0 fully saturated rings. The van der Waals surface area contributed by atoms with Crippen LogP contribution in [0.3, 0.4) is 0 Å². The minimum absolute atomic E-state index is 0.0959. The molecule has 5 heteroatoms. The maximum absolute atomic E-state index is 10.6. The number of nitrogens with zero attached hydrogens (tertiary/aromatic N) is 2. The van der Waals surface area contributed by atoms with E-state index in [1.807, 2.05) is 12.1 Å². The van der Waals surface area contributed by atoms with E-state index in [1.54, 1.807) is 23.9 Å². The number of aromatic nitrogens is 2. The van der Waals surface area contributed by atoms with E-state index in [0.29, 0.717) is 11.6 Å². The van der Waals surface area contributed by atoms with Crippen molar-refractivity contribution in [2.75, 3.05) is 7.11 Å². The molecule has 0 aliphatic carbocycles. The van der Waals surface area contributed by atoms with E-state index in [-0.39, 0.29) is 6.42 Å². The van der Waals surface area contributed by atoms with Crippen molar-refractivity contribution in [3.63, 3.8) is 0 Å². The fourth-order valence-electron chi connectivity index (χ4n) is 1.41. The molecule has 0 aliphatic heterocycles.